The Hall–Kier alpha value is -1.63. The molecule has 4 nitrogen and oxygen atoms in total. The van der Waals surface area contributed by atoms with Gasteiger partial charge in [-0.05, 0) is 68.6 Å². The number of aromatic nitrogens is 1. The Bertz CT molecular complexity index is 955. The molecular weight excluding hydrogens is 384 g/mol. The fraction of sp³-hybridized carbons (Fsp3) is 0.500. The predicted octanol–water partition coefficient (Wildman–Crippen LogP) is 4.65. The van der Waals surface area contributed by atoms with Crippen molar-refractivity contribution < 1.29 is 0 Å². The van der Waals surface area contributed by atoms with Crippen LogP contribution < -0.4 is 10.6 Å². The molecule has 0 radical (unpaired) electrons. The summed E-state index contributed by atoms with van der Waals surface area (Å²) >= 11 is 3.53. The lowest BCUT2D eigenvalue weighted by molar-refractivity contribution is 0.177. The zero-order chi connectivity index (χ0) is 19.1. The van der Waals surface area contributed by atoms with E-state index in [4.69, 9.17) is 5.73 Å². The molecule has 3 heterocycles. The number of rotatable bonds is 4. The molecule has 0 unspecified atom stereocenters. The van der Waals surface area contributed by atoms with Crippen LogP contribution in [0, 0.1) is 5.92 Å². The average Bonchev–Trinajstić information content (AvgIpc) is 3.33. The summed E-state index contributed by atoms with van der Waals surface area (Å²) in [5.41, 5.74) is 8.58. The first-order chi connectivity index (χ1) is 13.7. The molecule has 1 aliphatic carbocycles. The first-order valence-electron chi connectivity index (χ1n) is 10.3. The summed E-state index contributed by atoms with van der Waals surface area (Å²) in [4.78, 5) is 11.1. The Balaban J connectivity index is 1.18. The van der Waals surface area contributed by atoms with Crippen molar-refractivity contribution in [1.29, 1.82) is 0 Å². The van der Waals surface area contributed by atoms with Crippen molar-refractivity contribution in [2.75, 3.05) is 37.3 Å². The van der Waals surface area contributed by atoms with Gasteiger partial charge in [0.2, 0.25) is 0 Å². The van der Waals surface area contributed by atoms with Gasteiger partial charge in [-0.2, -0.15) is 0 Å². The fourth-order valence-electron chi connectivity index (χ4n) is 4.92. The molecule has 1 aromatic carbocycles. The maximum atomic E-state index is 5.91. The van der Waals surface area contributed by atoms with E-state index < -0.39 is 0 Å². The topological polar surface area (TPSA) is 45.4 Å². The van der Waals surface area contributed by atoms with E-state index in [2.05, 4.69) is 51.5 Å². The second-order valence-corrected chi connectivity index (χ2v) is 10.4. The Morgan fingerprint density at radius 2 is 2.07 bits per heavy atom. The number of nitrogens with two attached hydrogens (primary N) is 1. The van der Waals surface area contributed by atoms with Gasteiger partial charge in [-0.25, -0.2) is 4.98 Å². The highest BCUT2D eigenvalue weighted by molar-refractivity contribution is 7.17. The number of thiophene rings is 1. The normalized spacial score (nSPS) is 20.8. The number of likely N-dealkylation sites (N-methyl/N-ethyl adjacent to an activating group) is 1. The molecule has 2 N–H and O–H groups in total. The fourth-order valence-corrected chi connectivity index (χ4v) is 6.68. The van der Waals surface area contributed by atoms with Gasteiger partial charge in [-0.15, -0.1) is 22.7 Å². The highest BCUT2D eigenvalue weighted by atomic mass is 32.1. The summed E-state index contributed by atoms with van der Waals surface area (Å²) in [6.07, 6.45) is 6.00. The number of nitrogens with zero attached hydrogens (tertiary/aromatic N) is 3. The molecule has 0 bridgehead atoms. The largest absolute Gasteiger partial charge is 0.375 e. The molecule has 3 aromatic rings. The van der Waals surface area contributed by atoms with Crippen molar-refractivity contribution in [3.05, 3.63) is 40.2 Å². The second-order valence-electron chi connectivity index (χ2n) is 8.30. The van der Waals surface area contributed by atoms with Gasteiger partial charge in [0.25, 0.3) is 0 Å². The van der Waals surface area contributed by atoms with Gasteiger partial charge in [0.05, 0.1) is 5.69 Å². The lowest BCUT2D eigenvalue weighted by atomic mass is 9.92. The molecule has 0 spiro atoms. The SMILES string of the molecule is CN(CC1CCN(c2cccc3sccc23)CC1)[C@H]1CCc2nc(N)sc2C1. The van der Waals surface area contributed by atoms with Crippen LogP contribution in [0.4, 0.5) is 10.8 Å². The Labute approximate surface area is 175 Å². The lowest BCUT2D eigenvalue weighted by Gasteiger charge is -2.38. The van der Waals surface area contributed by atoms with Gasteiger partial charge < -0.3 is 15.5 Å². The van der Waals surface area contributed by atoms with Crippen molar-refractivity contribution in [2.24, 2.45) is 5.92 Å². The molecule has 148 valence electrons. The highest BCUT2D eigenvalue weighted by Crippen LogP contribution is 2.34. The number of benzene rings is 1. The molecule has 0 amide bonds. The first-order valence-corrected chi connectivity index (χ1v) is 12.0. The van der Waals surface area contributed by atoms with Crippen LogP contribution in [0.25, 0.3) is 10.1 Å². The van der Waals surface area contributed by atoms with E-state index in [1.807, 2.05) is 11.3 Å². The van der Waals surface area contributed by atoms with Crippen LogP contribution in [-0.2, 0) is 12.8 Å². The summed E-state index contributed by atoms with van der Waals surface area (Å²) in [5, 5.41) is 4.37. The van der Waals surface area contributed by atoms with Gasteiger partial charge >= 0.3 is 0 Å². The molecule has 0 saturated carbocycles. The van der Waals surface area contributed by atoms with Gasteiger partial charge in [0.1, 0.15) is 0 Å². The summed E-state index contributed by atoms with van der Waals surface area (Å²) in [6, 6.07) is 9.65. The monoisotopic (exact) mass is 412 g/mol. The molecule has 2 aliphatic rings. The van der Waals surface area contributed by atoms with Crippen LogP contribution in [0.15, 0.2) is 29.6 Å². The summed E-state index contributed by atoms with van der Waals surface area (Å²) in [5.74, 6) is 0.802. The number of thiazole rings is 1. The van der Waals surface area contributed by atoms with Crippen LogP contribution in [-0.4, -0.2) is 42.6 Å². The van der Waals surface area contributed by atoms with Crippen molar-refractivity contribution in [3.63, 3.8) is 0 Å². The minimum atomic E-state index is 0.643. The van der Waals surface area contributed by atoms with E-state index in [1.165, 1.54) is 65.2 Å². The van der Waals surface area contributed by atoms with Gasteiger partial charge in [-0.1, -0.05) is 6.07 Å². The summed E-state index contributed by atoms with van der Waals surface area (Å²) in [6.45, 7) is 3.56. The average molecular weight is 413 g/mol. The zero-order valence-corrected chi connectivity index (χ0v) is 18.1. The molecule has 1 saturated heterocycles. The molecule has 1 atom stereocenters. The number of hydrogen-bond acceptors (Lipinski definition) is 6. The third-order valence-corrected chi connectivity index (χ3v) is 8.36. The van der Waals surface area contributed by atoms with Crippen LogP contribution >= 0.6 is 22.7 Å². The summed E-state index contributed by atoms with van der Waals surface area (Å²) in [7, 11) is 2.32. The van der Waals surface area contributed by atoms with E-state index >= 15 is 0 Å². The van der Waals surface area contributed by atoms with E-state index in [1.54, 1.807) is 11.3 Å². The molecule has 1 aliphatic heterocycles. The number of nitrogen functional groups attached to an aromatic ring is 1. The van der Waals surface area contributed by atoms with Crippen LogP contribution in [0.2, 0.25) is 0 Å². The second kappa shape index (κ2) is 7.65. The molecule has 28 heavy (non-hydrogen) atoms. The number of anilines is 2. The minimum Gasteiger partial charge on any atom is -0.375 e. The Kier molecular flexibility index (Phi) is 5.03. The maximum absolute atomic E-state index is 5.91. The molecule has 1 fully saturated rings. The minimum absolute atomic E-state index is 0.643. The predicted molar refractivity (Wildman–Crippen MR) is 122 cm³/mol. The van der Waals surface area contributed by atoms with Crippen LogP contribution in [0.5, 0.6) is 0 Å². The van der Waals surface area contributed by atoms with Crippen molar-refractivity contribution in [3.8, 4) is 0 Å². The van der Waals surface area contributed by atoms with E-state index in [-0.39, 0.29) is 0 Å². The molecular formula is C22H28N4S2. The maximum Gasteiger partial charge on any atom is 0.180 e. The smallest absolute Gasteiger partial charge is 0.180 e. The third kappa shape index (κ3) is 3.53. The molecule has 6 heteroatoms. The van der Waals surface area contributed by atoms with Gasteiger partial charge in [-0.3, -0.25) is 0 Å². The Morgan fingerprint density at radius 1 is 1.21 bits per heavy atom. The van der Waals surface area contributed by atoms with E-state index in [0.717, 1.165) is 23.9 Å². The van der Waals surface area contributed by atoms with Gasteiger partial charge in [0.15, 0.2) is 5.13 Å². The number of aryl methyl sites for hydroxylation is 1. The van der Waals surface area contributed by atoms with Crippen molar-refractivity contribution in [2.45, 2.75) is 38.1 Å². The quantitative estimate of drug-likeness (QED) is 0.678. The molecule has 5 rings (SSSR count). The van der Waals surface area contributed by atoms with Gasteiger partial charge in [0, 0.05) is 46.3 Å². The Morgan fingerprint density at radius 3 is 2.93 bits per heavy atom. The highest BCUT2D eigenvalue weighted by Gasteiger charge is 2.28. The number of piperidine rings is 1. The first kappa shape index (κ1) is 18.4. The number of fused-ring (bicyclic) bond motifs is 2. The number of hydrogen-bond donors (Lipinski definition) is 1. The molecule has 2 aromatic heterocycles. The van der Waals surface area contributed by atoms with Crippen LogP contribution in [0.1, 0.15) is 29.8 Å². The van der Waals surface area contributed by atoms with Crippen molar-refractivity contribution in [1.82, 2.24) is 9.88 Å². The van der Waals surface area contributed by atoms with E-state index in [9.17, 15) is 0 Å². The lowest BCUT2D eigenvalue weighted by Crippen LogP contribution is -2.42. The van der Waals surface area contributed by atoms with Crippen molar-refractivity contribution >= 4 is 43.6 Å². The summed E-state index contributed by atoms with van der Waals surface area (Å²) < 4.78 is 1.40. The third-order valence-electron chi connectivity index (χ3n) is 6.53. The zero-order valence-electron chi connectivity index (χ0n) is 16.4. The standard InChI is InChI=1S/C22H28N4S2/c1-25(16-5-6-18-21(13-16)28-22(23)24-18)14-15-7-10-26(11-8-15)19-3-2-4-20-17(19)9-12-27-20/h2-4,9,12,15-16H,5-8,10-11,13-14H2,1H3,(H2,23,24)/t16-/m0/s1. The van der Waals surface area contributed by atoms with Crippen LogP contribution in [0.3, 0.4) is 0 Å². The van der Waals surface area contributed by atoms with E-state index in [0.29, 0.717) is 6.04 Å².